The van der Waals surface area contributed by atoms with Crippen molar-refractivity contribution in [2.24, 2.45) is 5.92 Å². The number of piperidine rings is 1. The summed E-state index contributed by atoms with van der Waals surface area (Å²) in [4.78, 5) is 41.7. The molecule has 1 spiro atoms. The minimum atomic E-state index is -1.00. The van der Waals surface area contributed by atoms with Gasteiger partial charge >= 0.3 is 0 Å². The lowest BCUT2D eigenvalue weighted by Gasteiger charge is -2.62. The molecule has 2 N–H and O–H groups in total. The molecule has 2 fully saturated rings. The number of benzene rings is 1. The molecule has 2 unspecified atom stereocenters. The summed E-state index contributed by atoms with van der Waals surface area (Å²) in [5.74, 6) is -3.77. The Kier molecular flexibility index (Phi) is 7.10. The third-order valence-electron chi connectivity index (χ3n) is 7.73. The van der Waals surface area contributed by atoms with Gasteiger partial charge in [-0.3, -0.25) is 24.1 Å². The first-order valence-electron chi connectivity index (χ1n) is 12.7. The van der Waals surface area contributed by atoms with E-state index < -0.39 is 45.9 Å². The van der Waals surface area contributed by atoms with E-state index in [9.17, 15) is 28.3 Å². The minimum absolute atomic E-state index is 0.00931. The molecule has 0 aliphatic carbocycles. The maximum absolute atomic E-state index is 14.0. The number of halogens is 2. The average molecular weight is 533 g/mol. The predicted molar refractivity (Wildman–Crippen MR) is 131 cm³/mol. The maximum atomic E-state index is 14.0. The van der Waals surface area contributed by atoms with E-state index in [2.05, 4.69) is 5.32 Å². The zero-order valence-electron chi connectivity index (χ0n) is 21.0. The highest BCUT2D eigenvalue weighted by molar-refractivity contribution is 6.00. The van der Waals surface area contributed by atoms with Crippen LogP contribution in [0.2, 0.25) is 0 Å². The van der Waals surface area contributed by atoms with Crippen molar-refractivity contribution in [3.8, 4) is 5.75 Å². The zero-order chi connectivity index (χ0) is 27.0. The standard InChI is InChI=1S/C26H30F2N4O6/c1-37-10-3-8-30-25(36)21-23(34)22(33)19(24(35)29-13-16-5-6-18(27)12-20(16)28)14-31(21)32-9-2-4-17-15-38-11-7-26(17,30)32/h5-6,12,14,17,34H,2-4,7-11,13,15H2,1H3,(H,29,35). The molecule has 2 amide bonds. The van der Waals surface area contributed by atoms with E-state index in [1.165, 1.54) is 16.9 Å². The van der Waals surface area contributed by atoms with Gasteiger partial charge in [0.15, 0.2) is 11.4 Å². The fraction of sp³-hybridized carbons (Fsp3) is 0.500. The van der Waals surface area contributed by atoms with Crippen LogP contribution in [-0.2, 0) is 16.0 Å². The van der Waals surface area contributed by atoms with Gasteiger partial charge in [0.1, 0.15) is 22.9 Å². The molecule has 204 valence electrons. The lowest BCUT2D eigenvalue weighted by molar-refractivity contribution is -0.0970. The number of amides is 2. The van der Waals surface area contributed by atoms with Crippen molar-refractivity contribution in [2.45, 2.75) is 37.9 Å². The second-order valence-corrected chi connectivity index (χ2v) is 9.80. The van der Waals surface area contributed by atoms with Crippen LogP contribution in [0, 0.1) is 17.6 Å². The zero-order valence-corrected chi connectivity index (χ0v) is 21.0. The third kappa shape index (κ3) is 4.21. The van der Waals surface area contributed by atoms with Crippen molar-refractivity contribution in [1.29, 1.82) is 0 Å². The second kappa shape index (κ2) is 10.3. The molecule has 5 rings (SSSR count). The molecule has 0 bridgehead atoms. The van der Waals surface area contributed by atoms with Gasteiger partial charge in [0.2, 0.25) is 5.43 Å². The molecule has 2 saturated heterocycles. The van der Waals surface area contributed by atoms with Crippen molar-refractivity contribution < 1.29 is 33.0 Å². The Bertz CT molecular complexity index is 1320. The molecular formula is C26H30F2N4O6. The number of nitrogens with one attached hydrogen (secondary N) is 1. The summed E-state index contributed by atoms with van der Waals surface area (Å²) in [6.07, 6.45) is 3.99. The monoisotopic (exact) mass is 532 g/mol. The molecule has 38 heavy (non-hydrogen) atoms. The molecule has 12 heteroatoms. The number of carbonyl (C=O) groups is 2. The van der Waals surface area contributed by atoms with Gasteiger partial charge in [-0.1, -0.05) is 6.07 Å². The normalized spacial score (nSPS) is 22.5. The van der Waals surface area contributed by atoms with Crippen molar-refractivity contribution in [3.63, 3.8) is 0 Å². The lowest BCUT2D eigenvalue weighted by Crippen LogP contribution is -2.77. The molecular weight excluding hydrogens is 502 g/mol. The number of methoxy groups -OCH3 is 1. The molecule has 1 aromatic carbocycles. The van der Waals surface area contributed by atoms with Gasteiger partial charge in [0, 0.05) is 63.5 Å². The van der Waals surface area contributed by atoms with Crippen LogP contribution >= 0.6 is 0 Å². The van der Waals surface area contributed by atoms with Gasteiger partial charge in [-0.05, 0) is 25.3 Å². The number of pyridine rings is 1. The molecule has 2 atom stereocenters. The van der Waals surface area contributed by atoms with Gasteiger partial charge in [0.05, 0.1) is 13.2 Å². The molecule has 0 radical (unpaired) electrons. The summed E-state index contributed by atoms with van der Waals surface area (Å²) in [7, 11) is 1.58. The van der Waals surface area contributed by atoms with Crippen molar-refractivity contribution in [3.05, 3.63) is 63.1 Å². The van der Waals surface area contributed by atoms with Gasteiger partial charge < -0.3 is 24.8 Å². The highest BCUT2D eigenvalue weighted by Gasteiger charge is 2.57. The summed E-state index contributed by atoms with van der Waals surface area (Å²) in [5.41, 5.74) is -2.31. The van der Waals surface area contributed by atoms with E-state index in [1.54, 1.807) is 12.0 Å². The number of hydrogen-bond donors (Lipinski definition) is 2. The Morgan fingerprint density at radius 3 is 2.89 bits per heavy atom. The Morgan fingerprint density at radius 1 is 1.32 bits per heavy atom. The van der Waals surface area contributed by atoms with E-state index in [4.69, 9.17) is 9.47 Å². The molecule has 0 saturated carbocycles. The van der Waals surface area contributed by atoms with Gasteiger partial charge in [0.25, 0.3) is 11.8 Å². The molecule has 4 heterocycles. The Morgan fingerprint density at radius 2 is 2.13 bits per heavy atom. The summed E-state index contributed by atoms with van der Waals surface area (Å²) in [6, 6.07) is 2.96. The second-order valence-electron chi connectivity index (χ2n) is 9.80. The number of nitrogens with zero attached hydrogens (tertiary/aromatic N) is 3. The molecule has 10 nitrogen and oxygen atoms in total. The Hall–Kier alpha value is -3.51. The highest BCUT2D eigenvalue weighted by Crippen LogP contribution is 2.45. The summed E-state index contributed by atoms with van der Waals surface area (Å²) >= 11 is 0. The molecule has 1 aromatic heterocycles. The van der Waals surface area contributed by atoms with Crippen LogP contribution < -0.4 is 15.8 Å². The number of aromatic nitrogens is 1. The fourth-order valence-corrected chi connectivity index (χ4v) is 5.95. The Balaban J connectivity index is 1.54. The van der Waals surface area contributed by atoms with Gasteiger partial charge in [-0.2, -0.15) is 0 Å². The van der Waals surface area contributed by atoms with E-state index in [-0.39, 0.29) is 23.7 Å². The van der Waals surface area contributed by atoms with E-state index in [0.29, 0.717) is 51.8 Å². The predicted octanol–water partition coefficient (Wildman–Crippen LogP) is 1.72. The third-order valence-corrected chi connectivity index (χ3v) is 7.73. The minimum Gasteiger partial charge on any atom is -0.502 e. The topological polar surface area (TPSA) is 113 Å². The van der Waals surface area contributed by atoms with Crippen LogP contribution in [0.1, 0.15) is 52.1 Å². The smallest absolute Gasteiger partial charge is 0.278 e. The Labute approximate surface area is 217 Å². The van der Waals surface area contributed by atoms with Crippen LogP contribution in [0.3, 0.4) is 0 Å². The number of carbonyl (C=O) groups excluding carboxylic acids is 2. The van der Waals surface area contributed by atoms with Crippen LogP contribution in [0.5, 0.6) is 5.75 Å². The highest BCUT2D eigenvalue weighted by atomic mass is 19.1. The largest absolute Gasteiger partial charge is 0.502 e. The van der Waals surface area contributed by atoms with Crippen molar-refractivity contribution in [1.82, 2.24) is 14.9 Å². The van der Waals surface area contributed by atoms with Crippen LogP contribution in [0.25, 0.3) is 0 Å². The lowest BCUT2D eigenvalue weighted by atomic mass is 9.78. The van der Waals surface area contributed by atoms with Crippen LogP contribution in [-0.4, -0.2) is 72.2 Å². The summed E-state index contributed by atoms with van der Waals surface area (Å²) in [6.45, 7) is 1.92. The van der Waals surface area contributed by atoms with Crippen LogP contribution in [0.15, 0.2) is 29.2 Å². The number of rotatable bonds is 7. The number of ether oxygens (including phenoxy) is 2. The molecule has 3 aliphatic rings. The van der Waals surface area contributed by atoms with Crippen molar-refractivity contribution >= 4 is 11.8 Å². The molecule has 2 aromatic rings. The van der Waals surface area contributed by atoms with Crippen molar-refractivity contribution in [2.75, 3.05) is 45.0 Å². The molecule has 3 aliphatic heterocycles. The average Bonchev–Trinajstić information content (AvgIpc) is 2.90. The summed E-state index contributed by atoms with van der Waals surface area (Å²) < 4.78 is 39.7. The fourth-order valence-electron chi connectivity index (χ4n) is 5.95. The van der Waals surface area contributed by atoms with Gasteiger partial charge in [-0.15, -0.1) is 0 Å². The van der Waals surface area contributed by atoms with E-state index in [0.717, 1.165) is 18.9 Å². The first-order chi connectivity index (χ1) is 18.3. The van der Waals surface area contributed by atoms with Gasteiger partial charge in [-0.25, -0.2) is 8.78 Å². The van der Waals surface area contributed by atoms with E-state index >= 15 is 0 Å². The van der Waals surface area contributed by atoms with E-state index in [1.807, 2.05) is 5.01 Å². The first-order valence-corrected chi connectivity index (χ1v) is 12.7. The maximum Gasteiger partial charge on any atom is 0.278 e. The quantitative estimate of drug-likeness (QED) is 0.522. The first kappa shape index (κ1) is 26.1. The SMILES string of the molecule is COCCCN1C(=O)c2c(O)c(=O)c(C(=O)NCc3ccc(F)cc3F)cn2N2CCCC3COCCC312. The summed E-state index contributed by atoms with van der Waals surface area (Å²) in [5, 5.41) is 15.4. The number of hydrogen-bond acceptors (Lipinski definition) is 7. The number of aromatic hydroxyl groups is 1. The number of fused-ring (bicyclic) bond motifs is 2. The van der Waals surface area contributed by atoms with Crippen LogP contribution in [0.4, 0.5) is 8.78 Å².